The normalized spacial score (nSPS) is 14.3. The summed E-state index contributed by atoms with van der Waals surface area (Å²) in [4.78, 5) is 15.5. The van der Waals surface area contributed by atoms with Crippen LogP contribution in [0.3, 0.4) is 0 Å². The van der Waals surface area contributed by atoms with E-state index in [9.17, 15) is 9.90 Å². The molecule has 2 heterocycles. The highest BCUT2D eigenvalue weighted by Crippen LogP contribution is 2.40. The largest absolute Gasteiger partial charge is 0.507 e. The van der Waals surface area contributed by atoms with Gasteiger partial charge in [-0.15, -0.1) is 0 Å². The number of phenols is 1. The Labute approximate surface area is 195 Å². The first kappa shape index (κ1) is 22.9. The van der Waals surface area contributed by atoms with Crippen molar-refractivity contribution in [2.24, 2.45) is 0 Å². The molecule has 0 bridgehead atoms. The molecule has 2 aromatic carbocycles. The van der Waals surface area contributed by atoms with Gasteiger partial charge < -0.3 is 19.1 Å². The van der Waals surface area contributed by atoms with E-state index < -0.39 is 0 Å². The van der Waals surface area contributed by atoms with E-state index in [0.29, 0.717) is 23.4 Å². The summed E-state index contributed by atoms with van der Waals surface area (Å²) in [5.41, 5.74) is 3.13. The number of hydrogen-bond donors (Lipinski definition) is 1. The summed E-state index contributed by atoms with van der Waals surface area (Å²) in [7, 11) is 1.64. The second kappa shape index (κ2) is 9.71. The van der Waals surface area contributed by atoms with E-state index in [-0.39, 0.29) is 17.3 Å². The van der Waals surface area contributed by atoms with E-state index in [0.717, 1.165) is 54.7 Å². The van der Waals surface area contributed by atoms with Crippen molar-refractivity contribution in [2.75, 3.05) is 20.2 Å². The lowest BCUT2D eigenvalue weighted by Crippen LogP contribution is -2.25. The van der Waals surface area contributed by atoms with Crippen LogP contribution in [0.15, 0.2) is 42.3 Å². The molecule has 0 amide bonds. The Balaban J connectivity index is 1.73. The summed E-state index contributed by atoms with van der Waals surface area (Å²) >= 11 is 0. The van der Waals surface area contributed by atoms with Crippen LogP contribution < -0.4 is 9.47 Å². The van der Waals surface area contributed by atoms with Gasteiger partial charge in [-0.25, -0.2) is 0 Å². The number of aromatic nitrogens is 1. The Hall–Kier alpha value is -3.25. The molecule has 0 aliphatic carbocycles. The molecule has 33 heavy (non-hydrogen) atoms. The first-order valence-corrected chi connectivity index (χ1v) is 11.7. The number of Topliss-reactive ketones (excluding diaryl/α,β-unsaturated/α-hetero) is 1. The van der Waals surface area contributed by atoms with Gasteiger partial charge in [0.1, 0.15) is 17.2 Å². The first-order valence-electron chi connectivity index (χ1n) is 11.7. The average Bonchev–Trinajstić information content (AvgIpc) is 3.33. The number of carbonyl (C=O) groups excluding carboxylic acids is 1. The minimum absolute atomic E-state index is 0.160. The molecule has 4 rings (SSSR count). The molecule has 0 spiro atoms. The summed E-state index contributed by atoms with van der Waals surface area (Å²) in [6, 6.07) is 9.19. The number of ketones is 1. The van der Waals surface area contributed by atoms with Gasteiger partial charge in [-0.05, 0) is 69.3 Å². The van der Waals surface area contributed by atoms with Crippen LogP contribution in [0.2, 0.25) is 0 Å². The smallest absolute Gasteiger partial charge is 0.231 e. The average molecular weight is 449 g/mol. The molecule has 3 aromatic rings. The monoisotopic (exact) mass is 448 g/mol. The number of aryl methyl sites for hydroxylation is 1. The Morgan fingerprint density at radius 2 is 1.88 bits per heavy atom. The van der Waals surface area contributed by atoms with Gasteiger partial charge in [-0.3, -0.25) is 9.69 Å². The predicted octanol–water partition coefficient (Wildman–Crippen LogP) is 5.61. The number of methoxy groups -OCH3 is 1. The van der Waals surface area contributed by atoms with Crippen LogP contribution in [0.25, 0.3) is 17.0 Å². The molecule has 0 atom stereocenters. The van der Waals surface area contributed by atoms with Crippen molar-refractivity contribution in [3.63, 3.8) is 0 Å². The van der Waals surface area contributed by atoms with Gasteiger partial charge in [0.05, 0.1) is 18.2 Å². The fraction of sp³-hybridized carbons (Fsp3) is 0.370. The van der Waals surface area contributed by atoms with E-state index in [1.54, 1.807) is 25.3 Å². The van der Waals surface area contributed by atoms with Crippen LogP contribution in [-0.2, 0) is 13.1 Å². The number of carbonyl (C=O) groups is 1. The summed E-state index contributed by atoms with van der Waals surface area (Å²) in [5, 5.41) is 11.6. The van der Waals surface area contributed by atoms with Gasteiger partial charge in [0, 0.05) is 35.8 Å². The van der Waals surface area contributed by atoms with Gasteiger partial charge in [0.15, 0.2) is 5.76 Å². The zero-order chi connectivity index (χ0) is 23.5. The Morgan fingerprint density at radius 3 is 2.55 bits per heavy atom. The van der Waals surface area contributed by atoms with Crippen molar-refractivity contribution < 1.29 is 19.4 Å². The third-order valence-corrected chi connectivity index (χ3v) is 6.12. The fourth-order valence-corrected chi connectivity index (χ4v) is 4.52. The second-order valence-electron chi connectivity index (χ2n) is 8.41. The predicted molar refractivity (Wildman–Crippen MR) is 131 cm³/mol. The number of aromatic hydroxyl groups is 1. The van der Waals surface area contributed by atoms with Crippen LogP contribution in [0.1, 0.15) is 55.1 Å². The summed E-state index contributed by atoms with van der Waals surface area (Å²) in [5.74, 6) is 1.50. The van der Waals surface area contributed by atoms with Crippen LogP contribution in [0.5, 0.6) is 17.2 Å². The lowest BCUT2D eigenvalue weighted by Gasteiger charge is -2.22. The summed E-state index contributed by atoms with van der Waals surface area (Å²) in [6.45, 7) is 9.56. The third-order valence-electron chi connectivity index (χ3n) is 6.12. The number of benzene rings is 2. The fourth-order valence-electron chi connectivity index (χ4n) is 4.52. The molecular formula is C27H32N2O4. The van der Waals surface area contributed by atoms with Gasteiger partial charge in [0.25, 0.3) is 0 Å². The van der Waals surface area contributed by atoms with Crippen molar-refractivity contribution >= 4 is 22.8 Å². The minimum Gasteiger partial charge on any atom is -0.507 e. The quantitative estimate of drug-likeness (QED) is 0.431. The van der Waals surface area contributed by atoms with Gasteiger partial charge in [0.2, 0.25) is 5.78 Å². The topological polar surface area (TPSA) is 63.9 Å². The number of fused-ring (bicyclic) bond motifs is 2. The number of ether oxygens (including phenoxy) is 2. The van der Waals surface area contributed by atoms with Crippen LogP contribution in [0.4, 0.5) is 0 Å². The molecule has 0 unspecified atom stereocenters. The molecule has 0 radical (unpaired) electrons. The third kappa shape index (κ3) is 4.35. The molecule has 1 aromatic heterocycles. The molecule has 1 N–H and O–H groups in total. The zero-order valence-corrected chi connectivity index (χ0v) is 19.9. The number of allylic oxidation sites excluding steroid dienone is 1. The molecule has 0 fully saturated rings. The van der Waals surface area contributed by atoms with Gasteiger partial charge >= 0.3 is 0 Å². The van der Waals surface area contributed by atoms with E-state index >= 15 is 0 Å². The summed E-state index contributed by atoms with van der Waals surface area (Å²) < 4.78 is 13.7. The van der Waals surface area contributed by atoms with Crippen LogP contribution in [-0.4, -0.2) is 40.6 Å². The van der Waals surface area contributed by atoms with Gasteiger partial charge in [-0.2, -0.15) is 0 Å². The van der Waals surface area contributed by atoms with Crippen molar-refractivity contribution in [2.45, 2.75) is 46.7 Å². The van der Waals surface area contributed by atoms with E-state index in [1.165, 1.54) is 0 Å². The standard InChI is InChI=1S/C27H32N2O4/c1-5-12-28(13-6-2)17-22-24(30)11-9-20-26(31)25(33-27(20)22)14-18-16-29(7-3)23-10-8-19(32-4)15-21(18)23/h8-11,14-16,30H,5-7,12-13,17H2,1-4H3/b25-14-. The van der Waals surface area contributed by atoms with Crippen LogP contribution in [0, 0.1) is 0 Å². The highest BCUT2D eigenvalue weighted by Gasteiger charge is 2.32. The van der Waals surface area contributed by atoms with Crippen molar-refractivity contribution in [3.8, 4) is 17.2 Å². The maximum atomic E-state index is 13.2. The Kier molecular flexibility index (Phi) is 6.75. The Morgan fingerprint density at radius 1 is 1.12 bits per heavy atom. The number of hydrogen-bond acceptors (Lipinski definition) is 5. The molecule has 6 nitrogen and oxygen atoms in total. The lowest BCUT2D eigenvalue weighted by molar-refractivity contribution is 0.101. The number of nitrogens with zero attached hydrogens (tertiary/aromatic N) is 2. The highest BCUT2D eigenvalue weighted by molar-refractivity contribution is 6.15. The minimum atomic E-state index is -0.163. The van der Waals surface area contributed by atoms with E-state index in [2.05, 4.69) is 30.2 Å². The lowest BCUT2D eigenvalue weighted by atomic mass is 10.0. The highest BCUT2D eigenvalue weighted by atomic mass is 16.5. The summed E-state index contributed by atoms with van der Waals surface area (Å²) in [6.07, 6.45) is 5.86. The van der Waals surface area contributed by atoms with Gasteiger partial charge in [-0.1, -0.05) is 13.8 Å². The zero-order valence-electron chi connectivity index (χ0n) is 19.9. The SMILES string of the molecule is CCCN(CCC)Cc1c(O)ccc2c1O/C(=C\c1cn(CC)c3ccc(OC)cc13)C2=O. The number of phenolic OH excluding ortho intramolecular Hbond substituents is 1. The number of rotatable bonds is 9. The van der Waals surface area contributed by atoms with Crippen LogP contribution >= 0.6 is 0 Å². The Bertz CT molecular complexity index is 1200. The van der Waals surface area contributed by atoms with E-state index in [1.807, 2.05) is 24.4 Å². The first-order chi connectivity index (χ1) is 16.0. The molecule has 0 saturated heterocycles. The molecule has 174 valence electrons. The maximum absolute atomic E-state index is 13.2. The molecule has 0 saturated carbocycles. The van der Waals surface area contributed by atoms with Crippen molar-refractivity contribution in [1.82, 2.24) is 9.47 Å². The maximum Gasteiger partial charge on any atom is 0.231 e. The van der Waals surface area contributed by atoms with E-state index in [4.69, 9.17) is 9.47 Å². The molecular weight excluding hydrogens is 416 g/mol. The van der Waals surface area contributed by atoms with Crippen molar-refractivity contribution in [3.05, 3.63) is 59.0 Å². The van der Waals surface area contributed by atoms with Crippen molar-refractivity contribution in [1.29, 1.82) is 0 Å². The molecule has 1 aliphatic rings. The molecule has 6 heteroatoms. The second-order valence-corrected chi connectivity index (χ2v) is 8.41. The molecule has 1 aliphatic heterocycles.